The van der Waals surface area contributed by atoms with Crippen LogP contribution in [0.25, 0.3) is 0 Å². The van der Waals surface area contributed by atoms with Gasteiger partial charge in [0.05, 0.1) is 17.5 Å². The van der Waals surface area contributed by atoms with E-state index >= 15 is 0 Å². The smallest absolute Gasteiger partial charge is 0.335 e. The Morgan fingerprint density at radius 3 is 2.07 bits per heavy atom. The summed E-state index contributed by atoms with van der Waals surface area (Å²) in [6.45, 7) is 3.61. The summed E-state index contributed by atoms with van der Waals surface area (Å²) >= 11 is 0. The monoisotopic (exact) mass is 390 g/mol. The molecule has 0 aliphatic carbocycles. The summed E-state index contributed by atoms with van der Waals surface area (Å²) < 4.78 is 25.9. The molecule has 0 fully saturated rings. The Labute approximate surface area is 158 Å². The Bertz CT molecular complexity index is 922. The van der Waals surface area contributed by atoms with Gasteiger partial charge >= 0.3 is 5.97 Å². The zero-order valence-corrected chi connectivity index (χ0v) is 16.2. The fourth-order valence-corrected chi connectivity index (χ4v) is 3.89. The van der Waals surface area contributed by atoms with E-state index in [9.17, 15) is 18.0 Å². The number of sulfonamides is 1. The summed E-state index contributed by atoms with van der Waals surface area (Å²) in [5.41, 5.74) is 1.87. The average molecular weight is 390 g/mol. The zero-order valence-electron chi connectivity index (χ0n) is 15.3. The molecule has 1 atom stereocenters. The van der Waals surface area contributed by atoms with Crippen LogP contribution < -0.4 is 9.62 Å². The predicted molar refractivity (Wildman–Crippen MR) is 105 cm³/mol. The summed E-state index contributed by atoms with van der Waals surface area (Å²) in [4.78, 5) is 23.7. The SMILES string of the molecule is CCC(C(=O)Nc1ccc(C(=O)O)cc1)N(c1ccc(C)cc1)S(C)(=O)=O. The van der Waals surface area contributed by atoms with E-state index in [-0.39, 0.29) is 12.0 Å². The van der Waals surface area contributed by atoms with Crippen molar-refractivity contribution in [2.24, 2.45) is 0 Å². The molecule has 0 spiro atoms. The molecule has 0 saturated carbocycles. The highest BCUT2D eigenvalue weighted by Crippen LogP contribution is 2.24. The Hall–Kier alpha value is -2.87. The van der Waals surface area contributed by atoms with Crippen LogP contribution in [0.1, 0.15) is 29.3 Å². The minimum Gasteiger partial charge on any atom is -0.478 e. The van der Waals surface area contributed by atoms with Crippen LogP contribution in [0.2, 0.25) is 0 Å². The maximum Gasteiger partial charge on any atom is 0.335 e. The maximum absolute atomic E-state index is 12.8. The number of nitrogens with one attached hydrogen (secondary N) is 1. The van der Waals surface area contributed by atoms with E-state index in [1.807, 2.05) is 6.92 Å². The summed E-state index contributed by atoms with van der Waals surface area (Å²) in [6, 6.07) is 11.6. The lowest BCUT2D eigenvalue weighted by Gasteiger charge is -2.30. The van der Waals surface area contributed by atoms with E-state index < -0.39 is 27.9 Å². The highest BCUT2D eigenvalue weighted by molar-refractivity contribution is 7.92. The second-order valence-electron chi connectivity index (χ2n) is 6.19. The largest absolute Gasteiger partial charge is 0.478 e. The van der Waals surface area contributed by atoms with Crippen molar-refractivity contribution in [1.82, 2.24) is 0 Å². The fraction of sp³-hybridized carbons (Fsp3) is 0.263. The van der Waals surface area contributed by atoms with Gasteiger partial charge in [-0.25, -0.2) is 13.2 Å². The van der Waals surface area contributed by atoms with Crippen LogP contribution in [0.15, 0.2) is 48.5 Å². The molecule has 144 valence electrons. The van der Waals surface area contributed by atoms with Crippen LogP contribution >= 0.6 is 0 Å². The number of carboxylic acids is 1. The lowest BCUT2D eigenvalue weighted by molar-refractivity contribution is -0.117. The zero-order chi connectivity index (χ0) is 20.2. The number of aromatic carboxylic acids is 1. The number of amides is 1. The standard InChI is InChI=1S/C19H22N2O5S/c1-4-17(18(22)20-15-9-7-14(8-10-15)19(23)24)21(27(3,25)26)16-11-5-13(2)6-12-16/h5-12,17H,4H2,1-3H3,(H,20,22)(H,23,24). The fourth-order valence-electron chi connectivity index (χ4n) is 2.67. The molecule has 0 aliphatic rings. The topological polar surface area (TPSA) is 104 Å². The average Bonchev–Trinajstić information content (AvgIpc) is 2.60. The third-order valence-electron chi connectivity index (χ3n) is 4.02. The van der Waals surface area contributed by atoms with E-state index in [2.05, 4.69) is 5.32 Å². The predicted octanol–water partition coefficient (Wildman–Crippen LogP) is 2.88. The van der Waals surface area contributed by atoms with Crippen LogP contribution in [0.4, 0.5) is 11.4 Å². The van der Waals surface area contributed by atoms with Crippen LogP contribution in [-0.2, 0) is 14.8 Å². The summed E-state index contributed by atoms with van der Waals surface area (Å²) in [6.07, 6.45) is 1.32. The molecular weight excluding hydrogens is 368 g/mol. The third kappa shape index (κ3) is 5.07. The molecule has 2 rings (SSSR count). The molecule has 1 amide bonds. The first-order valence-corrected chi connectivity index (χ1v) is 10.2. The minimum absolute atomic E-state index is 0.0949. The number of carbonyl (C=O) groups excluding carboxylic acids is 1. The van der Waals surface area contributed by atoms with Crippen molar-refractivity contribution in [2.75, 3.05) is 15.9 Å². The quantitative estimate of drug-likeness (QED) is 0.756. The number of anilines is 2. The molecule has 2 N–H and O–H groups in total. The molecule has 0 saturated heterocycles. The van der Waals surface area contributed by atoms with Gasteiger partial charge in [0.2, 0.25) is 15.9 Å². The lowest BCUT2D eigenvalue weighted by Crippen LogP contribution is -2.47. The molecule has 8 heteroatoms. The summed E-state index contributed by atoms with van der Waals surface area (Å²) in [5.74, 6) is -1.56. The number of hydrogen-bond acceptors (Lipinski definition) is 4. The molecule has 2 aromatic carbocycles. The van der Waals surface area contributed by atoms with Gasteiger partial charge < -0.3 is 10.4 Å². The van der Waals surface area contributed by atoms with Crippen molar-refractivity contribution in [3.8, 4) is 0 Å². The van der Waals surface area contributed by atoms with E-state index in [1.54, 1.807) is 31.2 Å². The molecular formula is C19H22N2O5S. The lowest BCUT2D eigenvalue weighted by atomic mass is 10.1. The van der Waals surface area contributed by atoms with E-state index in [0.717, 1.165) is 16.1 Å². The summed E-state index contributed by atoms with van der Waals surface area (Å²) in [5, 5.41) is 11.6. The normalized spacial score (nSPS) is 12.3. The molecule has 0 aliphatic heterocycles. The number of benzene rings is 2. The second-order valence-corrected chi connectivity index (χ2v) is 8.05. The van der Waals surface area contributed by atoms with E-state index in [4.69, 9.17) is 5.11 Å². The number of carboxylic acid groups (broad SMARTS) is 1. The Morgan fingerprint density at radius 2 is 1.63 bits per heavy atom. The number of aryl methyl sites for hydroxylation is 1. The van der Waals surface area contributed by atoms with Gasteiger partial charge in [-0.15, -0.1) is 0 Å². The molecule has 0 heterocycles. The van der Waals surface area contributed by atoms with E-state index in [1.165, 1.54) is 24.3 Å². The highest BCUT2D eigenvalue weighted by Gasteiger charge is 2.31. The Morgan fingerprint density at radius 1 is 1.07 bits per heavy atom. The first-order chi connectivity index (χ1) is 12.6. The van der Waals surface area contributed by atoms with Gasteiger partial charge in [-0.1, -0.05) is 24.6 Å². The van der Waals surface area contributed by atoms with Crippen molar-refractivity contribution in [3.05, 3.63) is 59.7 Å². The number of nitrogens with zero attached hydrogens (tertiary/aromatic N) is 1. The van der Waals surface area contributed by atoms with Crippen molar-refractivity contribution in [2.45, 2.75) is 26.3 Å². The molecule has 27 heavy (non-hydrogen) atoms. The van der Waals surface area contributed by atoms with Gasteiger partial charge in [0, 0.05) is 5.69 Å². The van der Waals surface area contributed by atoms with Crippen LogP contribution in [0.5, 0.6) is 0 Å². The molecule has 0 bridgehead atoms. The minimum atomic E-state index is -3.70. The molecule has 2 aromatic rings. The molecule has 0 radical (unpaired) electrons. The number of carbonyl (C=O) groups is 2. The van der Waals surface area contributed by atoms with E-state index in [0.29, 0.717) is 11.4 Å². The maximum atomic E-state index is 12.8. The first-order valence-electron chi connectivity index (χ1n) is 8.33. The van der Waals surface area contributed by atoms with Crippen molar-refractivity contribution in [1.29, 1.82) is 0 Å². The Kier molecular flexibility index (Phi) is 6.22. The van der Waals surface area contributed by atoms with Gasteiger partial charge in [-0.3, -0.25) is 9.10 Å². The first kappa shape index (κ1) is 20.4. The van der Waals surface area contributed by atoms with Gasteiger partial charge in [0.25, 0.3) is 0 Å². The number of hydrogen-bond donors (Lipinski definition) is 2. The summed E-state index contributed by atoms with van der Waals surface area (Å²) in [7, 11) is -3.70. The number of rotatable bonds is 7. The van der Waals surface area contributed by atoms with Gasteiger partial charge in [-0.2, -0.15) is 0 Å². The van der Waals surface area contributed by atoms with Crippen LogP contribution in [0, 0.1) is 6.92 Å². The molecule has 1 unspecified atom stereocenters. The van der Waals surface area contributed by atoms with Crippen molar-refractivity contribution >= 4 is 33.3 Å². The van der Waals surface area contributed by atoms with Crippen molar-refractivity contribution in [3.63, 3.8) is 0 Å². The molecule has 0 aromatic heterocycles. The third-order valence-corrected chi connectivity index (χ3v) is 5.20. The second kappa shape index (κ2) is 8.22. The molecule has 7 nitrogen and oxygen atoms in total. The van der Waals surface area contributed by atoms with Gasteiger partial charge in [0.15, 0.2) is 0 Å². The highest BCUT2D eigenvalue weighted by atomic mass is 32.2. The van der Waals surface area contributed by atoms with Crippen molar-refractivity contribution < 1.29 is 23.1 Å². The Balaban J connectivity index is 2.31. The van der Waals surface area contributed by atoms with Gasteiger partial charge in [0.1, 0.15) is 6.04 Å². The van der Waals surface area contributed by atoms with Gasteiger partial charge in [-0.05, 0) is 49.7 Å². The van der Waals surface area contributed by atoms with Crippen LogP contribution in [0.3, 0.4) is 0 Å². The van der Waals surface area contributed by atoms with Crippen LogP contribution in [-0.4, -0.2) is 37.7 Å².